The number of rotatable bonds is 3. The number of ether oxygens (including phenoxy) is 1. The molecule has 0 atom stereocenters. The molecule has 0 radical (unpaired) electrons. The molecule has 1 aromatic carbocycles. The molecule has 4 rings (SSSR count). The molecule has 118 valence electrons. The van der Waals surface area contributed by atoms with Crippen molar-refractivity contribution < 1.29 is 4.74 Å². The molecule has 1 aliphatic rings. The summed E-state index contributed by atoms with van der Waals surface area (Å²) >= 11 is 0. The van der Waals surface area contributed by atoms with Crippen molar-refractivity contribution in [2.45, 2.75) is 13.5 Å². The van der Waals surface area contributed by atoms with Gasteiger partial charge in [0, 0.05) is 31.2 Å². The van der Waals surface area contributed by atoms with Crippen molar-refractivity contribution in [1.82, 2.24) is 19.4 Å². The fourth-order valence-corrected chi connectivity index (χ4v) is 3.10. The monoisotopic (exact) mass is 308 g/mol. The van der Waals surface area contributed by atoms with Crippen LogP contribution in [-0.4, -0.2) is 45.7 Å². The van der Waals surface area contributed by atoms with Gasteiger partial charge >= 0.3 is 0 Å². The SMILES string of the molecule is Cc1ncc(-n2ccc3c(CN4CCOCC4)cccc32)cn1. The number of nitrogens with zero attached hydrogens (tertiary/aromatic N) is 4. The average molecular weight is 308 g/mol. The van der Waals surface area contributed by atoms with E-state index in [2.05, 4.69) is 49.9 Å². The van der Waals surface area contributed by atoms with Gasteiger partial charge in [-0.25, -0.2) is 9.97 Å². The third kappa shape index (κ3) is 2.85. The van der Waals surface area contributed by atoms with Crippen molar-refractivity contribution in [2.75, 3.05) is 26.3 Å². The first-order valence-electron chi connectivity index (χ1n) is 7.99. The summed E-state index contributed by atoms with van der Waals surface area (Å²) in [4.78, 5) is 11.1. The lowest BCUT2D eigenvalue weighted by atomic mass is 10.1. The Morgan fingerprint density at radius 1 is 1.09 bits per heavy atom. The van der Waals surface area contributed by atoms with Crippen LogP contribution in [0, 0.1) is 6.92 Å². The Labute approximate surface area is 135 Å². The molecule has 0 saturated carbocycles. The predicted octanol–water partition coefficient (Wildman–Crippen LogP) is 2.56. The predicted molar refractivity (Wildman–Crippen MR) is 89.7 cm³/mol. The first kappa shape index (κ1) is 14.4. The van der Waals surface area contributed by atoms with E-state index in [1.165, 1.54) is 16.5 Å². The molecule has 3 aromatic rings. The number of aromatic nitrogens is 3. The van der Waals surface area contributed by atoms with Crippen LogP contribution in [-0.2, 0) is 11.3 Å². The second-order valence-corrected chi connectivity index (χ2v) is 5.91. The summed E-state index contributed by atoms with van der Waals surface area (Å²) in [5.41, 5.74) is 3.55. The van der Waals surface area contributed by atoms with Crippen LogP contribution >= 0.6 is 0 Å². The maximum atomic E-state index is 5.44. The van der Waals surface area contributed by atoms with Crippen LogP contribution in [0.3, 0.4) is 0 Å². The van der Waals surface area contributed by atoms with Crippen molar-refractivity contribution in [2.24, 2.45) is 0 Å². The maximum absolute atomic E-state index is 5.44. The molecule has 1 saturated heterocycles. The fourth-order valence-electron chi connectivity index (χ4n) is 3.10. The lowest BCUT2D eigenvalue weighted by Crippen LogP contribution is -2.35. The van der Waals surface area contributed by atoms with Crippen molar-refractivity contribution in [3.05, 3.63) is 54.2 Å². The second-order valence-electron chi connectivity index (χ2n) is 5.91. The summed E-state index contributed by atoms with van der Waals surface area (Å²) < 4.78 is 7.59. The number of fused-ring (bicyclic) bond motifs is 1. The molecular weight excluding hydrogens is 288 g/mol. The Morgan fingerprint density at radius 3 is 2.65 bits per heavy atom. The van der Waals surface area contributed by atoms with Crippen molar-refractivity contribution in [3.63, 3.8) is 0 Å². The zero-order valence-electron chi connectivity index (χ0n) is 13.3. The molecule has 0 aliphatic carbocycles. The minimum atomic E-state index is 0.790. The summed E-state index contributed by atoms with van der Waals surface area (Å²) in [6.45, 7) is 6.54. The Bertz CT molecular complexity index is 804. The molecule has 5 heteroatoms. The quantitative estimate of drug-likeness (QED) is 0.746. The van der Waals surface area contributed by atoms with Gasteiger partial charge in [0.05, 0.1) is 36.8 Å². The van der Waals surface area contributed by atoms with Crippen LogP contribution in [0.25, 0.3) is 16.6 Å². The number of hydrogen-bond donors (Lipinski definition) is 0. The van der Waals surface area contributed by atoms with Gasteiger partial charge in [-0.3, -0.25) is 4.90 Å². The fraction of sp³-hybridized carbons (Fsp3) is 0.333. The highest BCUT2D eigenvalue weighted by molar-refractivity contribution is 5.85. The van der Waals surface area contributed by atoms with Crippen molar-refractivity contribution in [3.8, 4) is 5.69 Å². The molecule has 0 N–H and O–H groups in total. The Kier molecular flexibility index (Phi) is 3.81. The molecule has 1 aliphatic heterocycles. The van der Waals surface area contributed by atoms with E-state index in [1.54, 1.807) is 0 Å². The van der Waals surface area contributed by atoms with E-state index in [-0.39, 0.29) is 0 Å². The minimum absolute atomic E-state index is 0.790. The lowest BCUT2D eigenvalue weighted by Gasteiger charge is -2.26. The zero-order chi connectivity index (χ0) is 15.6. The molecule has 0 bridgehead atoms. The summed E-state index contributed by atoms with van der Waals surface area (Å²) in [5.74, 6) is 0.790. The highest BCUT2D eigenvalue weighted by Gasteiger charge is 2.13. The summed E-state index contributed by atoms with van der Waals surface area (Å²) in [6.07, 6.45) is 5.84. The smallest absolute Gasteiger partial charge is 0.125 e. The highest BCUT2D eigenvalue weighted by atomic mass is 16.5. The highest BCUT2D eigenvalue weighted by Crippen LogP contribution is 2.24. The zero-order valence-corrected chi connectivity index (χ0v) is 13.3. The minimum Gasteiger partial charge on any atom is -0.379 e. The van der Waals surface area contributed by atoms with E-state index in [0.29, 0.717) is 0 Å². The van der Waals surface area contributed by atoms with Gasteiger partial charge in [-0.1, -0.05) is 12.1 Å². The molecule has 1 fully saturated rings. The van der Waals surface area contributed by atoms with Gasteiger partial charge in [0.15, 0.2) is 0 Å². The first-order valence-corrected chi connectivity index (χ1v) is 7.99. The lowest BCUT2D eigenvalue weighted by molar-refractivity contribution is 0.0344. The average Bonchev–Trinajstić information content (AvgIpc) is 3.02. The molecule has 5 nitrogen and oxygen atoms in total. The number of hydrogen-bond acceptors (Lipinski definition) is 4. The van der Waals surface area contributed by atoms with Crippen LogP contribution in [0.4, 0.5) is 0 Å². The summed E-state index contributed by atoms with van der Waals surface area (Å²) in [7, 11) is 0. The number of aryl methyl sites for hydroxylation is 1. The third-order valence-corrected chi connectivity index (χ3v) is 4.37. The van der Waals surface area contributed by atoms with Crippen LogP contribution in [0.2, 0.25) is 0 Å². The van der Waals surface area contributed by atoms with Gasteiger partial charge in [-0.05, 0) is 24.6 Å². The van der Waals surface area contributed by atoms with E-state index in [0.717, 1.165) is 44.4 Å². The Morgan fingerprint density at radius 2 is 1.87 bits per heavy atom. The summed E-state index contributed by atoms with van der Waals surface area (Å²) in [5, 5.41) is 1.29. The molecule has 2 aromatic heterocycles. The molecule has 23 heavy (non-hydrogen) atoms. The topological polar surface area (TPSA) is 43.2 Å². The largest absolute Gasteiger partial charge is 0.379 e. The number of morpholine rings is 1. The van der Waals surface area contributed by atoms with Gasteiger partial charge in [0.1, 0.15) is 5.82 Å². The van der Waals surface area contributed by atoms with Crippen LogP contribution in [0.15, 0.2) is 42.9 Å². The van der Waals surface area contributed by atoms with E-state index >= 15 is 0 Å². The Hall–Kier alpha value is -2.24. The van der Waals surface area contributed by atoms with Crippen molar-refractivity contribution >= 4 is 10.9 Å². The standard InChI is InChI=1S/C18H20N4O/c1-14-19-11-16(12-20-14)22-6-5-17-15(3-2-4-18(17)22)13-21-7-9-23-10-8-21/h2-6,11-12H,7-10,13H2,1H3. The van der Waals surface area contributed by atoms with Gasteiger partial charge in [-0.15, -0.1) is 0 Å². The van der Waals surface area contributed by atoms with Crippen LogP contribution < -0.4 is 0 Å². The first-order chi connectivity index (χ1) is 11.3. The second kappa shape index (κ2) is 6.10. The van der Waals surface area contributed by atoms with E-state index in [1.807, 2.05) is 19.3 Å². The molecule has 0 spiro atoms. The number of benzene rings is 1. The molecule has 3 heterocycles. The van der Waals surface area contributed by atoms with E-state index in [4.69, 9.17) is 4.74 Å². The summed E-state index contributed by atoms with van der Waals surface area (Å²) in [6, 6.07) is 8.68. The normalized spacial score (nSPS) is 16.0. The van der Waals surface area contributed by atoms with Crippen molar-refractivity contribution in [1.29, 1.82) is 0 Å². The van der Waals surface area contributed by atoms with Gasteiger partial charge in [0.25, 0.3) is 0 Å². The molecule has 0 unspecified atom stereocenters. The van der Waals surface area contributed by atoms with E-state index < -0.39 is 0 Å². The van der Waals surface area contributed by atoms with E-state index in [9.17, 15) is 0 Å². The van der Waals surface area contributed by atoms with Gasteiger partial charge in [0.2, 0.25) is 0 Å². The maximum Gasteiger partial charge on any atom is 0.125 e. The van der Waals surface area contributed by atoms with Crippen LogP contribution in [0.1, 0.15) is 11.4 Å². The molecule has 0 amide bonds. The van der Waals surface area contributed by atoms with Gasteiger partial charge < -0.3 is 9.30 Å². The van der Waals surface area contributed by atoms with Gasteiger partial charge in [-0.2, -0.15) is 0 Å². The van der Waals surface area contributed by atoms with Crippen LogP contribution in [0.5, 0.6) is 0 Å². The molecular formula is C18H20N4O. The third-order valence-electron chi connectivity index (χ3n) is 4.37. The Balaban J connectivity index is 1.69.